The number of amidine groups is 1. The van der Waals surface area contributed by atoms with E-state index in [1.165, 1.54) is 4.68 Å². The molecule has 274 valence electrons. The van der Waals surface area contributed by atoms with Crippen molar-refractivity contribution in [3.05, 3.63) is 60.6 Å². The van der Waals surface area contributed by atoms with Crippen LogP contribution in [0.15, 0.2) is 43.5 Å². The highest BCUT2D eigenvalue weighted by Crippen LogP contribution is 2.57. The minimum absolute atomic E-state index is 0.0833. The molecule has 3 aliphatic rings. The first-order valence-electron chi connectivity index (χ1n) is 18.6. The van der Waals surface area contributed by atoms with Crippen molar-refractivity contribution >= 4 is 17.6 Å². The number of pyridine rings is 1. The van der Waals surface area contributed by atoms with E-state index in [4.69, 9.17) is 10.1 Å². The number of aromatic nitrogens is 6. The van der Waals surface area contributed by atoms with Crippen LogP contribution in [0, 0.1) is 46.8 Å². The molecule has 3 aromatic rings. The number of hydrogen-bond acceptors (Lipinski definition) is 9. The van der Waals surface area contributed by atoms with E-state index in [2.05, 4.69) is 71.7 Å². The molecule has 0 spiro atoms. The molecule has 6 rings (SSSR count). The van der Waals surface area contributed by atoms with Gasteiger partial charge < -0.3 is 19.5 Å². The molecule has 2 N–H and O–H groups in total. The third-order valence-electron chi connectivity index (χ3n) is 12.5. The molecule has 3 aromatic heterocycles. The van der Waals surface area contributed by atoms with Crippen LogP contribution in [0.1, 0.15) is 83.8 Å². The molecule has 2 saturated carbocycles. The highest BCUT2D eigenvalue weighted by molar-refractivity contribution is 5.95. The van der Waals surface area contributed by atoms with Crippen molar-refractivity contribution in [2.24, 2.45) is 34.5 Å². The largest absolute Gasteiger partial charge is 0.460 e. The van der Waals surface area contributed by atoms with E-state index in [9.17, 15) is 9.59 Å². The van der Waals surface area contributed by atoms with Crippen molar-refractivity contribution in [2.45, 2.75) is 92.8 Å². The Labute approximate surface area is 302 Å². The first-order valence-corrected chi connectivity index (χ1v) is 18.6. The molecule has 0 bridgehead atoms. The predicted octanol–water partition coefficient (Wildman–Crippen LogP) is 5.31. The fourth-order valence-electron chi connectivity index (χ4n) is 9.06. The van der Waals surface area contributed by atoms with Crippen LogP contribution in [0.25, 0.3) is 11.3 Å². The van der Waals surface area contributed by atoms with Gasteiger partial charge in [-0.25, -0.2) is 9.67 Å². The van der Waals surface area contributed by atoms with Crippen molar-refractivity contribution < 1.29 is 14.3 Å². The van der Waals surface area contributed by atoms with Crippen LogP contribution in [0.4, 0.5) is 0 Å². The summed E-state index contributed by atoms with van der Waals surface area (Å²) in [6, 6.07) is 3.89. The average Bonchev–Trinajstić information content (AvgIpc) is 3.86. The van der Waals surface area contributed by atoms with E-state index in [-0.39, 0.29) is 35.7 Å². The highest BCUT2D eigenvalue weighted by atomic mass is 16.5. The zero-order valence-corrected chi connectivity index (χ0v) is 31.2. The molecule has 4 heterocycles. The number of carbonyl (C=O) groups excluding carboxylic acids is 2. The number of fused-ring (bicyclic) bond motifs is 1. The molecule has 0 aromatic carbocycles. The second kappa shape index (κ2) is 14.8. The Hall–Kier alpha value is -4.19. The summed E-state index contributed by atoms with van der Waals surface area (Å²) in [6.45, 7) is 21.0. The number of ether oxygens (including phenoxy) is 1. The van der Waals surface area contributed by atoms with Gasteiger partial charge in [0.25, 0.3) is 0 Å². The fraction of sp³-hybridized carbons (Fsp3) is 0.615. The molecular weight excluding hydrogens is 642 g/mol. The molecular formula is C39H55N9O3. The van der Waals surface area contributed by atoms with Gasteiger partial charge in [-0.2, -0.15) is 0 Å². The van der Waals surface area contributed by atoms with Gasteiger partial charge in [0.2, 0.25) is 0 Å². The fourth-order valence-corrected chi connectivity index (χ4v) is 9.06. The molecule has 12 nitrogen and oxygen atoms in total. The lowest BCUT2D eigenvalue weighted by molar-refractivity contribution is -0.174. The van der Waals surface area contributed by atoms with E-state index >= 15 is 0 Å². The standard InChI is InChI=1S/C39H55N9O3/c1-8-26(4)39(7)33(19-38(6,9-2)18-25(3)30-12-13-32(49)35(30)39)51-34(50)23-48-22-31(44-45-48)28-10-11-29(42-20-28)21-47-24-43-36(27(47)5)37(40)46-16-14-41-15-17-46/h9-11,20,22,24-26,30,33,35,40-41H,2,8,12-19,21,23H2,1,3-7H3/t25?,26?,30?,33?,35?,38-,39-/m0/s1. The minimum atomic E-state index is -0.494. The van der Waals surface area contributed by atoms with Crippen LogP contribution in [0.5, 0.6) is 0 Å². The Kier molecular flexibility index (Phi) is 10.6. The SMILES string of the molecule is C=C[C@@]1(C)CC(C)C2CCC(=O)C2[C@@](C)(C(C)CC)C(OC(=O)Cn2cc(-c3ccc(Cn4cnc(C(=N)N5CCNCC5)c4C)nc3)nn2)C1. The van der Waals surface area contributed by atoms with Crippen molar-refractivity contribution in [3.63, 3.8) is 0 Å². The predicted molar refractivity (Wildman–Crippen MR) is 196 cm³/mol. The van der Waals surface area contributed by atoms with Gasteiger partial charge >= 0.3 is 5.97 Å². The number of piperazine rings is 1. The van der Waals surface area contributed by atoms with Crippen LogP contribution < -0.4 is 5.32 Å². The number of esters is 1. The van der Waals surface area contributed by atoms with Gasteiger partial charge in [-0.15, -0.1) is 11.7 Å². The van der Waals surface area contributed by atoms with Gasteiger partial charge in [-0.1, -0.05) is 52.3 Å². The van der Waals surface area contributed by atoms with Crippen molar-refractivity contribution in [1.29, 1.82) is 5.41 Å². The Morgan fingerprint density at radius 3 is 2.67 bits per heavy atom. The van der Waals surface area contributed by atoms with Gasteiger partial charge in [0, 0.05) is 61.4 Å². The Bertz CT molecular complexity index is 1740. The van der Waals surface area contributed by atoms with Gasteiger partial charge in [-0.3, -0.25) is 20.0 Å². The summed E-state index contributed by atoms with van der Waals surface area (Å²) in [7, 11) is 0. The summed E-state index contributed by atoms with van der Waals surface area (Å²) in [5.41, 5.74) is 3.16. The summed E-state index contributed by atoms with van der Waals surface area (Å²) in [5.74, 6) is 1.09. The lowest BCUT2D eigenvalue weighted by Gasteiger charge is -2.52. The van der Waals surface area contributed by atoms with Crippen LogP contribution in [-0.4, -0.2) is 84.3 Å². The van der Waals surface area contributed by atoms with Crippen molar-refractivity contribution in [2.75, 3.05) is 26.2 Å². The first kappa shape index (κ1) is 36.6. The number of nitrogens with zero attached hydrogens (tertiary/aromatic N) is 7. The van der Waals surface area contributed by atoms with E-state index < -0.39 is 11.5 Å². The summed E-state index contributed by atoms with van der Waals surface area (Å²) in [6.07, 6.45) is 10.8. The average molecular weight is 698 g/mol. The number of ketones is 1. The second-order valence-corrected chi connectivity index (χ2v) is 15.8. The Balaban J connectivity index is 1.14. The topological polar surface area (TPSA) is 144 Å². The molecule has 3 fully saturated rings. The number of Topliss-reactive ketones (excluding diaryl/α,β-unsaturated/α-hetero) is 1. The van der Waals surface area contributed by atoms with Crippen molar-refractivity contribution in [1.82, 2.24) is 39.7 Å². The summed E-state index contributed by atoms with van der Waals surface area (Å²) in [5, 5.41) is 20.6. The van der Waals surface area contributed by atoms with Crippen LogP contribution in [0.2, 0.25) is 0 Å². The molecule has 7 atom stereocenters. The van der Waals surface area contributed by atoms with Crippen LogP contribution >= 0.6 is 0 Å². The molecule has 1 saturated heterocycles. The van der Waals surface area contributed by atoms with Crippen LogP contribution in [0.3, 0.4) is 0 Å². The summed E-state index contributed by atoms with van der Waals surface area (Å²) in [4.78, 5) is 38.5. The number of allylic oxidation sites excluding steroid dienone is 1. The molecule has 2 aliphatic carbocycles. The van der Waals surface area contributed by atoms with Crippen molar-refractivity contribution in [3.8, 4) is 11.3 Å². The van der Waals surface area contributed by atoms with E-state index in [1.807, 2.05) is 29.7 Å². The maximum atomic E-state index is 13.7. The summed E-state index contributed by atoms with van der Waals surface area (Å²) < 4.78 is 9.96. The Morgan fingerprint density at radius 1 is 1.22 bits per heavy atom. The van der Waals surface area contributed by atoms with Gasteiger partial charge in [0.1, 0.15) is 35.7 Å². The number of nitrogens with one attached hydrogen (secondary N) is 2. The second-order valence-electron chi connectivity index (χ2n) is 15.8. The number of imidazole rings is 1. The van der Waals surface area contributed by atoms with Gasteiger partial charge in [0.05, 0.1) is 24.8 Å². The molecule has 0 radical (unpaired) electrons. The lowest BCUT2D eigenvalue weighted by Crippen LogP contribution is -2.54. The third-order valence-corrected chi connectivity index (χ3v) is 12.5. The van der Waals surface area contributed by atoms with E-state index in [1.54, 1.807) is 18.7 Å². The highest BCUT2D eigenvalue weighted by Gasteiger charge is 2.58. The molecule has 51 heavy (non-hydrogen) atoms. The number of rotatable bonds is 10. The quantitative estimate of drug-likeness (QED) is 0.125. The van der Waals surface area contributed by atoms with E-state index in [0.717, 1.165) is 62.4 Å². The zero-order valence-electron chi connectivity index (χ0n) is 31.2. The minimum Gasteiger partial charge on any atom is -0.460 e. The molecule has 1 aliphatic heterocycles. The third kappa shape index (κ3) is 7.29. The Morgan fingerprint density at radius 2 is 1.98 bits per heavy atom. The monoisotopic (exact) mass is 697 g/mol. The van der Waals surface area contributed by atoms with Gasteiger partial charge in [-0.05, 0) is 61.5 Å². The van der Waals surface area contributed by atoms with E-state index in [0.29, 0.717) is 48.3 Å². The number of hydrogen-bond donors (Lipinski definition) is 2. The maximum absolute atomic E-state index is 13.7. The van der Waals surface area contributed by atoms with Crippen LogP contribution in [-0.2, 0) is 27.4 Å². The first-order chi connectivity index (χ1) is 24.4. The normalized spacial score (nSPS) is 28.8. The lowest BCUT2D eigenvalue weighted by atomic mass is 9.54. The summed E-state index contributed by atoms with van der Waals surface area (Å²) >= 11 is 0. The molecule has 12 heteroatoms. The number of carbonyl (C=O) groups is 2. The zero-order chi connectivity index (χ0) is 36.5. The smallest absolute Gasteiger partial charge is 0.328 e. The maximum Gasteiger partial charge on any atom is 0.328 e. The van der Waals surface area contributed by atoms with Gasteiger partial charge in [0.15, 0.2) is 0 Å². The molecule has 5 unspecified atom stereocenters. The molecule has 0 amide bonds.